The largest absolute Gasteiger partial charge is 0.493 e. The summed E-state index contributed by atoms with van der Waals surface area (Å²) >= 11 is 1.34. The van der Waals surface area contributed by atoms with Crippen LogP contribution in [0.2, 0.25) is 0 Å². The zero-order chi connectivity index (χ0) is 28.4. The standard InChI is InChI=1S/C33H34N2O4S/c1-5-6-9-17-39-27-16-15-24(18-21(27)2)31-30(33(37)38)35-28(36)20-25(29(34(3)4)32(35)40-31)19-23-13-10-12-22-11-7-8-14-26(22)23/h7-8,10-16,18,20H,5-6,9,17,19H2,1-4H3,(H,37,38). The topological polar surface area (TPSA) is 71.2 Å². The summed E-state index contributed by atoms with van der Waals surface area (Å²) in [5, 5.41) is 12.6. The molecule has 0 aliphatic rings. The average Bonchev–Trinajstić information content (AvgIpc) is 3.33. The van der Waals surface area contributed by atoms with Crippen LogP contribution in [-0.4, -0.2) is 36.2 Å². The zero-order valence-electron chi connectivity index (χ0n) is 23.4. The minimum atomic E-state index is -1.13. The summed E-state index contributed by atoms with van der Waals surface area (Å²) in [6.45, 7) is 4.77. The molecule has 0 spiro atoms. The normalized spacial score (nSPS) is 11.3. The molecule has 206 valence electrons. The first-order chi connectivity index (χ1) is 19.3. The van der Waals surface area contributed by atoms with Gasteiger partial charge in [0.05, 0.1) is 17.2 Å². The molecule has 0 fully saturated rings. The summed E-state index contributed by atoms with van der Waals surface area (Å²) < 4.78 is 7.32. The molecule has 0 saturated carbocycles. The lowest BCUT2D eigenvalue weighted by atomic mass is 9.98. The number of thiazole rings is 1. The van der Waals surface area contributed by atoms with Crippen LogP contribution < -0.4 is 15.2 Å². The Kier molecular flexibility index (Phi) is 7.94. The fraction of sp³-hybridized carbons (Fsp3) is 0.273. The Labute approximate surface area is 238 Å². The SMILES string of the molecule is CCCCCOc1ccc(-c2sc3c(N(C)C)c(Cc4cccc5ccccc45)cc(=O)n3c2C(=O)O)cc1C. The van der Waals surface area contributed by atoms with Gasteiger partial charge in [-0.1, -0.05) is 62.2 Å². The van der Waals surface area contributed by atoms with Crippen molar-refractivity contribution in [2.45, 2.75) is 39.5 Å². The Morgan fingerprint density at radius 2 is 1.77 bits per heavy atom. The van der Waals surface area contributed by atoms with Crippen LogP contribution in [0.5, 0.6) is 5.75 Å². The van der Waals surface area contributed by atoms with E-state index in [1.807, 2.05) is 62.3 Å². The number of benzene rings is 3. The van der Waals surface area contributed by atoms with Gasteiger partial charge in [-0.05, 0) is 64.6 Å². The number of carboxylic acids is 1. The van der Waals surface area contributed by atoms with Crippen LogP contribution in [0.25, 0.3) is 26.0 Å². The number of anilines is 1. The number of unbranched alkanes of at least 4 members (excludes halogenated alkanes) is 2. The van der Waals surface area contributed by atoms with Crippen molar-refractivity contribution in [1.82, 2.24) is 4.40 Å². The fourth-order valence-corrected chi connectivity index (χ4v) is 6.71. The van der Waals surface area contributed by atoms with Crippen molar-refractivity contribution in [3.63, 3.8) is 0 Å². The summed E-state index contributed by atoms with van der Waals surface area (Å²) in [6.07, 6.45) is 3.80. The van der Waals surface area contributed by atoms with Gasteiger partial charge in [0.25, 0.3) is 5.56 Å². The van der Waals surface area contributed by atoms with E-state index in [0.29, 0.717) is 22.7 Å². The number of aromatic carboxylic acids is 1. The second-order valence-corrected chi connectivity index (χ2v) is 11.3. The van der Waals surface area contributed by atoms with Crippen LogP contribution in [0.1, 0.15) is 53.4 Å². The first kappa shape index (κ1) is 27.5. The number of fused-ring (bicyclic) bond motifs is 2. The maximum atomic E-state index is 13.6. The van der Waals surface area contributed by atoms with E-state index in [9.17, 15) is 14.7 Å². The molecule has 0 bridgehead atoms. The second-order valence-electron chi connectivity index (χ2n) is 10.3. The van der Waals surface area contributed by atoms with Crippen LogP contribution in [0.4, 0.5) is 5.69 Å². The van der Waals surface area contributed by atoms with Gasteiger partial charge in [0.1, 0.15) is 10.6 Å². The Morgan fingerprint density at radius 1 is 1.00 bits per heavy atom. The molecule has 0 atom stereocenters. The van der Waals surface area contributed by atoms with Gasteiger partial charge in [0.2, 0.25) is 0 Å². The highest BCUT2D eigenvalue weighted by Gasteiger charge is 2.26. The lowest BCUT2D eigenvalue weighted by Gasteiger charge is -2.19. The monoisotopic (exact) mass is 554 g/mol. The third-order valence-corrected chi connectivity index (χ3v) is 8.42. The molecule has 0 unspecified atom stereocenters. The van der Waals surface area contributed by atoms with Crippen molar-refractivity contribution >= 4 is 38.6 Å². The van der Waals surface area contributed by atoms with Gasteiger partial charge >= 0.3 is 5.97 Å². The molecule has 0 amide bonds. The Bertz CT molecular complexity index is 1760. The maximum Gasteiger partial charge on any atom is 0.354 e. The van der Waals surface area contributed by atoms with Gasteiger partial charge < -0.3 is 14.7 Å². The number of pyridine rings is 1. The lowest BCUT2D eigenvalue weighted by Crippen LogP contribution is -2.22. The number of aryl methyl sites for hydroxylation is 1. The number of aromatic nitrogens is 1. The third-order valence-electron chi connectivity index (χ3n) is 7.22. The number of carboxylic acid groups (broad SMARTS) is 1. The highest BCUT2D eigenvalue weighted by Crippen LogP contribution is 2.40. The number of nitrogens with zero attached hydrogens (tertiary/aromatic N) is 2. The Balaban J connectivity index is 1.64. The number of ether oxygens (including phenoxy) is 1. The van der Waals surface area contributed by atoms with E-state index in [0.717, 1.165) is 63.7 Å². The molecule has 7 heteroatoms. The van der Waals surface area contributed by atoms with Crippen LogP contribution in [-0.2, 0) is 6.42 Å². The van der Waals surface area contributed by atoms with Gasteiger partial charge in [-0.25, -0.2) is 4.79 Å². The van der Waals surface area contributed by atoms with Gasteiger partial charge in [-0.3, -0.25) is 9.20 Å². The van der Waals surface area contributed by atoms with E-state index in [1.54, 1.807) is 6.07 Å². The number of hydrogen-bond donors (Lipinski definition) is 1. The molecule has 3 aromatic carbocycles. The molecule has 0 aliphatic carbocycles. The molecule has 2 aromatic heterocycles. The zero-order valence-corrected chi connectivity index (χ0v) is 24.2. The van der Waals surface area contributed by atoms with E-state index >= 15 is 0 Å². The molecule has 5 aromatic rings. The van der Waals surface area contributed by atoms with E-state index in [2.05, 4.69) is 31.2 Å². The second kappa shape index (κ2) is 11.6. The van der Waals surface area contributed by atoms with E-state index in [-0.39, 0.29) is 11.3 Å². The van der Waals surface area contributed by atoms with E-state index in [1.165, 1.54) is 15.7 Å². The molecule has 2 heterocycles. The quantitative estimate of drug-likeness (QED) is 0.182. The van der Waals surface area contributed by atoms with E-state index < -0.39 is 5.97 Å². The summed E-state index contributed by atoms with van der Waals surface area (Å²) in [6, 6.07) is 21.7. The predicted molar refractivity (Wildman–Crippen MR) is 165 cm³/mol. The third kappa shape index (κ3) is 5.21. The molecule has 0 aliphatic heterocycles. The Morgan fingerprint density at radius 3 is 2.50 bits per heavy atom. The van der Waals surface area contributed by atoms with Crippen molar-refractivity contribution in [2.75, 3.05) is 25.6 Å². The molecule has 6 nitrogen and oxygen atoms in total. The average molecular weight is 555 g/mol. The summed E-state index contributed by atoms with van der Waals surface area (Å²) in [5.74, 6) is -0.339. The van der Waals surface area contributed by atoms with Crippen LogP contribution in [0.3, 0.4) is 0 Å². The highest BCUT2D eigenvalue weighted by atomic mass is 32.1. The minimum Gasteiger partial charge on any atom is -0.493 e. The van der Waals surface area contributed by atoms with Gasteiger partial charge in [-0.2, -0.15) is 0 Å². The molecule has 40 heavy (non-hydrogen) atoms. The van der Waals surface area contributed by atoms with Crippen LogP contribution in [0, 0.1) is 6.92 Å². The summed E-state index contributed by atoms with van der Waals surface area (Å²) in [7, 11) is 3.86. The molecule has 1 N–H and O–H groups in total. The fourth-order valence-electron chi connectivity index (χ4n) is 5.32. The Hall–Kier alpha value is -4.10. The molecule has 0 radical (unpaired) electrons. The first-order valence-electron chi connectivity index (χ1n) is 13.6. The van der Waals surface area contributed by atoms with Crippen molar-refractivity contribution < 1.29 is 14.6 Å². The molecule has 0 saturated heterocycles. The minimum absolute atomic E-state index is 0.0131. The van der Waals surface area contributed by atoms with Crippen molar-refractivity contribution in [3.05, 3.63) is 99.5 Å². The van der Waals surface area contributed by atoms with Crippen molar-refractivity contribution in [1.29, 1.82) is 0 Å². The maximum absolute atomic E-state index is 13.6. The predicted octanol–water partition coefficient (Wildman–Crippen LogP) is 7.41. The van der Waals surface area contributed by atoms with Gasteiger partial charge in [-0.15, -0.1) is 11.3 Å². The summed E-state index contributed by atoms with van der Waals surface area (Å²) in [5.41, 5.74) is 4.15. The van der Waals surface area contributed by atoms with Gasteiger partial charge in [0.15, 0.2) is 5.69 Å². The molecular formula is C33H34N2O4S. The number of hydrogen-bond acceptors (Lipinski definition) is 5. The van der Waals surface area contributed by atoms with Gasteiger partial charge in [0, 0.05) is 26.6 Å². The summed E-state index contributed by atoms with van der Waals surface area (Å²) in [4.78, 5) is 29.3. The van der Waals surface area contributed by atoms with Crippen molar-refractivity contribution in [3.8, 4) is 16.2 Å². The van der Waals surface area contributed by atoms with Crippen molar-refractivity contribution in [2.24, 2.45) is 0 Å². The van der Waals surface area contributed by atoms with Crippen LogP contribution >= 0.6 is 11.3 Å². The van der Waals surface area contributed by atoms with E-state index in [4.69, 9.17) is 4.74 Å². The molecular weight excluding hydrogens is 520 g/mol. The number of carbonyl (C=O) groups is 1. The first-order valence-corrected chi connectivity index (χ1v) is 14.4. The highest BCUT2D eigenvalue weighted by molar-refractivity contribution is 7.21. The lowest BCUT2D eigenvalue weighted by molar-refractivity contribution is 0.0690. The smallest absolute Gasteiger partial charge is 0.354 e. The number of rotatable bonds is 10. The molecule has 5 rings (SSSR count). The van der Waals surface area contributed by atoms with Crippen LogP contribution in [0.15, 0.2) is 71.5 Å².